The van der Waals surface area contributed by atoms with Crippen molar-refractivity contribution in [2.45, 2.75) is 38.0 Å². The molecule has 0 radical (unpaired) electrons. The van der Waals surface area contributed by atoms with Gasteiger partial charge in [0.05, 0.1) is 15.5 Å². The smallest absolute Gasteiger partial charge is 0.177 e. The Morgan fingerprint density at radius 3 is 2.48 bits per heavy atom. The van der Waals surface area contributed by atoms with Gasteiger partial charge in [-0.2, -0.15) is 0 Å². The van der Waals surface area contributed by atoms with Gasteiger partial charge in [-0.05, 0) is 30.9 Å². The van der Waals surface area contributed by atoms with Crippen LogP contribution in [0.2, 0.25) is 0 Å². The summed E-state index contributed by atoms with van der Waals surface area (Å²) in [6.45, 7) is 6.18. The third kappa shape index (κ3) is 2.59. The Bertz CT molecular complexity index is 541. The number of hydrogen-bond donors (Lipinski definition) is 1. The second kappa shape index (κ2) is 5.84. The number of carbonyl (C=O) groups is 1. The first-order chi connectivity index (χ1) is 10.0. The largest absolute Gasteiger partial charge is 0.396 e. The van der Waals surface area contributed by atoms with Gasteiger partial charge in [0.25, 0.3) is 0 Å². The van der Waals surface area contributed by atoms with Crippen LogP contribution in [0.15, 0.2) is 4.90 Å². The monoisotopic (exact) mass is 324 g/mol. The van der Waals surface area contributed by atoms with E-state index in [0.29, 0.717) is 5.69 Å². The lowest BCUT2D eigenvalue weighted by atomic mass is 10.0. The summed E-state index contributed by atoms with van der Waals surface area (Å²) in [6.07, 6.45) is 6.19. The summed E-state index contributed by atoms with van der Waals surface area (Å²) in [4.78, 5) is 16.7. The summed E-state index contributed by atoms with van der Waals surface area (Å²) in [5, 5.41) is 1.23. The van der Waals surface area contributed by atoms with Gasteiger partial charge in [0, 0.05) is 19.0 Å². The van der Waals surface area contributed by atoms with Crippen molar-refractivity contribution in [1.29, 1.82) is 0 Å². The summed E-state index contributed by atoms with van der Waals surface area (Å²) in [5.41, 5.74) is 6.99. The molecule has 2 fully saturated rings. The Morgan fingerprint density at radius 2 is 1.95 bits per heavy atom. The molecule has 1 saturated carbocycles. The molecule has 1 aliphatic heterocycles. The van der Waals surface area contributed by atoms with Crippen LogP contribution in [0.3, 0.4) is 0 Å². The molecular formula is C16H24N2OS2. The molecule has 116 valence electrons. The van der Waals surface area contributed by atoms with Crippen LogP contribution in [0.4, 0.5) is 10.7 Å². The van der Waals surface area contributed by atoms with Crippen LogP contribution in [0.1, 0.15) is 42.8 Å². The van der Waals surface area contributed by atoms with Gasteiger partial charge in [0.2, 0.25) is 0 Å². The number of anilines is 2. The standard InChI is InChI=1S/C16H24N2OS2/c1-9(2)13(19)14-12(17)15(20-3)16(21-14)18-7-10-5-4-6-11(10)8-18/h9-11H,4-8,17H2,1-3H3. The van der Waals surface area contributed by atoms with Crippen LogP contribution >= 0.6 is 23.1 Å². The first-order valence-corrected chi connectivity index (χ1v) is 9.82. The highest BCUT2D eigenvalue weighted by molar-refractivity contribution is 7.99. The maximum absolute atomic E-state index is 12.4. The van der Waals surface area contributed by atoms with Crippen LogP contribution in [-0.2, 0) is 0 Å². The minimum absolute atomic E-state index is 0.00599. The predicted octanol–water partition coefficient (Wildman–Crippen LogP) is 4.13. The molecule has 0 spiro atoms. The molecule has 21 heavy (non-hydrogen) atoms. The fourth-order valence-electron chi connectivity index (χ4n) is 3.67. The van der Waals surface area contributed by atoms with Crippen molar-refractivity contribution in [2.24, 2.45) is 17.8 Å². The number of Topliss-reactive ketones (excluding diaryl/α,β-unsaturated/α-hetero) is 1. The van der Waals surface area contributed by atoms with Crippen LogP contribution in [0, 0.1) is 17.8 Å². The number of fused-ring (bicyclic) bond motifs is 1. The lowest BCUT2D eigenvalue weighted by Crippen LogP contribution is -2.20. The number of thioether (sulfide) groups is 1. The Balaban J connectivity index is 1.92. The zero-order valence-electron chi connectivity index (χ0n) is 13.0. The van der Waals surface area contributed by atoms with Crippen molar-refractivity contribution >= 4 is 39.6 Å². The number of nitrogen functional groups attached to an aromatic ring is 1. The van der Waals surface area contributed by atoms with Crippen LogP contribution in [-0.4, -0.2) is 25.1 Å². The molecule has 0 amide bonds. The second-order valence-corrected chi connectivity index (χ2v) is 8.37. The zero-order chi connectivity index (χ0) is 15.1. The molecule has 1 aromatic heterocycles. The highest BCUT2D eigenvalue weighted by Gasteiger charge is 2.38. The fourth-order valence-corrected chi connectivity index (χ4v) is 5.96. The van der Waals surface area contributed by atoms with Crippen LogP contribution < -0.4 is 10.6 Å². The van der Waals surface area contributed by atoms with Gasteiger partial charge in [-0.25, -0.2) is 0 Å². The number of thiophene rings is 1. The van der Waals surface area contributed by atoms with E-state index in [0.717, 1.165) is 34.7 Å². The van der Waals surface area contributed by atoms with Crippen LogP contribution in [0.5, 0.6) is 0 Å². The molecule has 3 nitrogen and oxygen atoms in total. The van der Waals surface area contributed by atoms with E-state index in [1.807, 2.05) is 13.8 Å². The first kappa shape index (κ1) is 15.2. The Hall–Kier alpha value is -0.680. The number of nitrogens with zero attached hydrogens (tertiary/aromatic N) is 1. The first-order valence-electron chi connectivity index (χ1n) is 7.78. The number of hydrogen-bond acceptors (Lipinski definition) is 5. The molecule has 0 aromatic carbocycles. The Morgan fingerprint density at radius 1 is 1.33 bits per heavy atom. The molecule has 2 atom stereocenters. The molecular weight excluding hydrogens is 300 g/mol. The van der Waals surface area contributed by atoms with E-state index in [9.17, 15) is 4.79 Å². The summed E-state index contributed by atoms with van der Waals surface area (Å²) in [6, 6.07) is 0. The van der Waals surface area contributed by atoms with E-state index in [4.69, 9.17) is 5.73 Å². The van der Waals surface area contributed by atoms with Gasteiger partial charge in [-0.3, -0.25) is 4.79 Å². The average Bonchev–Trinajstić information content (AvgIpc) is 3.09. The summed E-state index contributed by atoms with van der Waals surface area (Å²) < 4.78 is 0. The maximum atomic E-state index is 12.4. The number of ketones is 1. The molecule has 1 aliphatic carbocycles. The third-order valence-corrected chi connectivity index (χ3v) is 7.08. The van der Waals surface area contributed by atoms with E-state index < -0.39 is 0 Å². The minimum Gasteiger partial charge on any atom is -0.396 e. The molecule has 2 unspecified atom stereocenters. The van der Waals surface area contributed by atoms with Gasteiger partial charge < -0.3 is 10.6 Å². The zero-order valence-corrected chi connectivity index (χ0v) is 14.6. The molecule has 1 saturated heterocycles. The summed E-state index contributed by atoms with van der Waals surface area (Å²) in [7, 11) is 0. The average molecular weight is 325 g/mol. The van der Waals surface area contributed by atoms with Crippen molar-refractivity contribution in [1.82, 2.24) is 0 Å². The number of rotatable bonds is 4. The molecule has 3 rings (SSSR count). The van der Waals surface area contributed by atoms with Gasteiger partial charge in [-0.1, -0.05) is 20.3 Å². The van der Waals surface area contributed by atoms with E-state index in [1.54, 1.807) is 23.1 Å². The van der Waals surface area contributed by atoms with Gasteiger partial charge in [-0.15, -0.1) is 23.1 Å². The van der Waals surface area contributed by atoms with Crippen molar-refractivity contribution in [3.63, 3.8) is 0 Å². The highest BCUT2D eigenvalue weighted by Crippen LogP contribution is 2.48. The van der Waals surface area contributed by atoms with Crippen molar-refractivity contribution < 1.29 is 4.79 Å². The van der Waals surface area contributed by atoms with Crippen molar-refractivity contribution in [2.75, 3.05) is 30.0 Å². The molecule has 2 aliphatic rings. The predicted molar refractivity (Wildman–Crippen MR) is 92.7 cm³/mol. The van der Waals surface area contributed by atoms with Crippen molar-refractivity contribution in [3.05, 3.63) is 4.88 Å². The fraction of sp³-hybridized carbons (Fsp3) is 0.688. The number of nitrogens with two attached hydrogens (primary N) is 1. The number of carbonyl (C=O) groups excluding carboxylic acids is 1. The van der Waals surface area contributed by atoms with Gasteiger partial charge in [0.15, 0.2) is 5.78 Å². The molecule has 2 heterocycles. The topological polar surface area (TPSA) is 46.3 Å². The maximum Gasteiger partial charge on any atom is 0.177 e. The molecule has 5 heteroatoms. The second-order valence-electron chi connectivity index (χ2n) is 6.56. The van der Waals surface area contributed by atoms with Crippen LogP contribution in [0.25, 0.3) is 0 Å². The Labute approximate surface area is 135 Å². The van der Waals surface area contributed by atoms with E-state index >= 15 is 0 Å². The highest BCUT2D eigenvalue weighted by atomic mass is 32.2. The van der Waals surface area contributed by atoms with E-state index in [-0.39, 0.29) is 11.7 Å². The van der Waals surface area contributed by atoms with Gasteiger partial charge >= 0.3 is 0 Å². The van der Waals surface area contributed by atoms with Gasteiger partial charge in [0.1, 0.15) is 5.00 Å². The lowest BCUT2D eigenvalue weighted by Gasteiger charge is -2.19. The quantitative estimate of drug-likeness (QED) is 0.668. The molecule has 1 aromatic rings. The molecule has 2 N–H and O–H groups in total. The third-order valence-electron chi connectivity index (χ3n) is 4.85. The SMILES string of the molecule is CSc1c(N2CC3CCCC3C2)sc(C(=O)C(C)C)c1N. The Kier molecular flexibility index (Phi) is 4.23. The van der Waals surface area contributed by atoms with Crippen molar-refractivity contribution in [3.8, 4) is 0 Å². The normalized spacial score (nSPS) is 24.9. The summed E-state index contributed by atoms with van der Waals surface area (Å²) >= 11 is 3.29. The van der Waals surface area contributed by atoms with E-state index in [1.165, 1.54) is 24.3 Å². The minimum atomic E-state index is 0.00599. The summed E-state index contributed by atoms with van der Waals surface area (Å²) in [5.74, 6) is 1.89. The van der Waals surface area contributed by atoms with E-state index in [2.05, 4.69) is 11.2 Å². The lowest BCUT2D eigenvalue weighted by molar-refractivity contribution is 0.0944. The molecule has 0 bridgehead atoms.